The van der Waals surface area contributed by atoms with Gasteiger partial charge in [-0.3, -0.25) is 9.36 Å². The van der Waals surface area contributed by atoms with E-state index in [2.05, 4.69) is 4.98 Å². The molecule has 0 saturated carbocycles. The van der Waals surface area contributed by atoms with Crippen LogP contribution >= 0.6 is 0 Å². The molecule has 1 aromatic carbocycles. The highest BCUT2D eigenvalue weighted by molar-refractivity contribution is 5.91. The van der Waals surface area contributed by atoms with Gasteiger partial charge in [-0.15, -0.1) is 0 Å². The average molecular weight is 274 g/mol. The molecule has 6 heteroatoms. The maximum Gasteiger partial charge on any atom is 0.339 e. The summed E-state index contributed by atoms with van der Waals surface area (Å²) in [5.74, 6) is -0.602. The Morgan fingerprint density at radius 2 is 2.00 bits per heavy atom. The SMILES string of the molecule is CC(=O)c1nc(CO)cn1COC(=O)c1ccccc1. The van der Waals surface area contributed by atoms with Gasteiger partial charge in [-0.05, 0) is 12.1 Å². The van der Waals surface area contributed by atoms with E-state index in [1.807, 2.05) is 0 Å². The number of hydrogen-bond donors (Lipinski definition) is 1. The summed E-state index contributed by atoms with van der Waals surface area (Å²) in [6.07, 6.45) is 1.48. The van der Waals surface area contributed by atoms with Gasteiger partial charge in [-0.2, -0.15) is 0 Å². The second-order valence-corrected chi connectivity index (χ2v) is 4.17. The Morgan fingerprint density at radius 1 is 1.30 bits per heavy atom. The van der Waals surface area contributed by atoms with Gasteiger partial charge in [0.05, 0.1) is 17.9 Å². The topological polar surface area (TPSA) is 81.4 Å². The van der Waals surface area contributed by atoms with Gasteiger partial charge >= 0.3 is 5.97 Å². The summed E-state index contributed by atoms with van der Waals surface area (Å²) in [5.41, 5.74) is 0.783. The van der Waals surface area contributed by atoms with Crippen LogP contribution in [0.5, 0.6) is 0 Å². The summed E-state index contributed by atoms with van der Waals surface area (Å²) in [5, 5.41) is 9.02. The lowest BCUT2D eigenvalue weighted by Crippen LogP contribution is -2.13. The number of carbonyl (C=O) groups excluding carboxylic acids is 2. The molecular formula is C14H14N2O4. The Hall–Kier alpha value is -2.47. The summed E-state index contributed by atoms with van der Waals surface area (Å²) >= 11 is 0. The van der Waals surface area contributed by atoms with Crippen LogP contribution in [0.25, 0.3) is 0 Å². The number of nitrogens with zero attached hydrogens (tertiary/aromatic N) is 2. The van der Waals surface area contributed by atoms with E-state index in [-0.39, 0.29) is 24.9 Å². The standard InChI is InChI=1S/C14H14N2O4/c1-10(18)13-15-12(8-17)7-16(13)9-20-14(19)11-5-3-2-4-6-11/h2-7,17H,8-9H2,1H3. The molecule has 0 unspecified atom stereocenters. The van der Waals surface area contributed by atoms with Gasteiger partial charge in [-0.25, -0.2) is 9.78 Å². The molecule has 0 amide bonds. The Bertz CT molecular complexity index is 619. The van der Waals surface area contributed by atoms with Crippen LogP contribution in [0.1, 0.15) is 33.6 Å². The molecule has 0 fully saturated rings. The van der Waals surface area contributed by atoms with Gasteiger partial charge in [0.1, 0.15) is 0 Å². The number of ether oxygens (including phenoxy) is 1. The fraction of sp³-hybridized carbons (Fsp3) is 0.214. The quantitative estimate of drug-likeness (QED) is 0.658. The van der Waals surface area contributed by atoms with Crippen molar-refractivity contribution in [1.82, 2.24) is 9.55 Å². The van der Waals surface area contributed by atoms with Gasteiger partial charge in [0.15, 0.2) is 18.3 Å². The molecule has 1 N–H and O–H groups in total. The van der Waals surface area contributed by atoms with Crippen LogP contribution < -0.4 is 0 Å². The van der Waals surface area contributed by atoms with Crippen LogP contribution in [0, 0.1) is 0 Å². The Kier molecular flexibility index (Phi) is 4.27. The predicted octanol–water partition coefficient (Wildman–Crippen LogP) is 1.39. The summed E-state index contributed by atoms with van der Waals surface area (Å²) in [6, 6.07) is 8.55. The number of hydrogen-bond acceptors (Lipinski definition) is 5. The van der Waals surface area contributed by atoms with E-state index in [1.165, 1.54) is 17.7 Å². The fourth-order valence-corrected chi connectivity index (χ4v) is 1.71. The molecule has 0 bridgehead atoms. The van der Waals surface area contributed by atoms with E-state index in [9.17, 15) is 9.59 Å². The number of Topliss-reactive ketones (excluding diaryl/α,β-unsaturated/α-hetero) is 1. The number of esters is 1. The molecular weight excluding hydrogens is 260 g/mol. The third kappa shape index (κ3) is 3.10. The molecule has 0 saturated heterocycles. The highest BCUT2D eigenvalue weighted by Crippen LogP contribution is 2.07. The van der Waals surface area contributed by atoms with Crippen molar-refractivity contribution in [2.45, 2.75) is 20.3 Å². The van der Waals surface area contributed by atoms with E-state index in [0.29, 0.717) is 11.3 Å². The van der Waals surface area contributed by atoms with Crippen molar-refractivity contribution in [2.24, 2.45) is 0 Å². The van der Waals surface area contributed by atoms with E-state index in [1.54, 1.807) is 30.3 Å². The minimum absolute atomic E-state index is 0.129. The van der Waals surface area contributed by atoms with Crippen molar-refractivity contribution in [3.05, 3.63) is 53.6 Å². The highest BCUT2D eigenvalue weighted by Gasteiger charge is 2.13. The van der Waals surface area contributed by atoms with Gasteiger partial charge in [0.2, 0.25) is 0 Å². The lowest BCUT2D eigenvalue weighted by Gasteiger charge is -2.07. The minimum atomic E-state index is -0.487. The largest absolute Gasteiger partial charge is 0.440 e. The highest BCUT2D eigenvalue weighted by atomic mass is 16.5. The van der Waals surface area contributed by atoms with Crippen LogP contribution in [0.2, 0.25) is 0 Å². The van der Waals surface area contributed by atoms with Gasteiger partial charge < -0.3 is 9.84 Å². The van der Waals surface area contributed by atoms with E-state index in [4.69, 9.17) is 9.84 Å². The summed E-state index contributed by atoms with van der Waals surface area (Å²) in [6.45, 7) is 0.953. The number of carbonyl (C=O) groups is 2. The van der Waals surface area contributed by atoms with Crippen molar-refractivity contribution in [2.75, 3.05) is 0 Å². The third-order valence-corrected chi connectivity index (χ3v) is 2.65. The molecule has 1 heterocycles. The molecule has 0 aliphatic rings. The lowest BCUT2D eigenvalue weighted by atomic mass is 10.2. The van der Waals surface area contributed by atoms with Crippen LogP contribution in [-0.4, -0.2) is 26.4 Å². The van der Waals surface area contributed by atoms with E-state index in [0.717, 1.165) is 0 Å². The number of aromatic nitrogens is 2. The number of aliphatic hydroxyl groups is 1. The maximum absolute atomic E-state index is 11.8. The first kappa shape index (κ1) is 14.0. The summed E-state index contributed by atoms with van der Waals surface area (Å²) < 4.78 is 6.51. The second kappa shape index (κ2) is 6.12. The molecule has 1 aromatic heterocycles. The van der Waals surface area contributed by atoms with E-state index < -0.39 is 5.97 Å². The maximum atomic E-state index is 11.8. The first-order chi connectivity index (χ1) is 9.61. The zero-order valence-electron chi connectivity index (χ0n) is 10.9. The molecule has 0 atom stereocenters. The molecule has 104 valence electrons. The zero-order chi connectivity index (χ0) is 14.5. The predicted molar refractivity (Wildman–Crippen MR) is 70.0 cm³/mol. The molecule has 0 aliphatic carbocycles. The molecule has 0 radical (unpaired) electrons. The summed E-state index contributed by atoms with van der Waals surface area (Å²) in [4.78, 5) is 27.1. The zero-order valence-corrected chi connectivity index (χ0v) is 10.9. The van der Waals surface area contributed by atoms with Crippen molar-refractivity contribution >= 4 is 11.8 Å². The molecule has 2 rings (SSSR count). The first-order valence-electron chi connectivity index (χ1n) is 6.02. The van der Waals surface area contributed by atoms with Crippen LogP contribution in [0.4, 0.5) is 0 Å². The molecule has 20 heavy (non-hydrogen) atoms. The Labute approximate surface area is 115 Å². The monoisotopic (exact) mass is 274 g/mol. The molecule has 0 spiro atoms. The number of imidazole rings is 1. The van der Waals surface area contributed by atoms with Gasteiger partial charge in [-0.1, -0.05) is 18.2 Å². The van der Waals surface area contributed by atoms with E-state index >= 15 is 0 Å². The van der Waals surface area contributed by atoms with Gasteiger partial charge in [0.25, 0.3) is 0 Å². The molecule has 2 aromatic rings. The minimum Gasteiger partial charge on any atom is -0.440 e. The average Bonchev–Trinajstić information content (AvgIpc) is 2.89. The third-order valence-electron chi connectivity index (χ3n) is 2.65. The first-order valence-corrected chi connectivity index (χ1v) is 6.02. The Morgan fingerprint density at radius 3 is 2.60 bits per heavy atom. The Balaban J connectivity index is 2.09. The second-order valence-electron chi connectivity index (χ2n) is 4.17. The number of benzene rings is 1. The van der Waals surface area contributed by atoms with Crippen LogP contribution in [0.15, 0.2) is 36.5 Å². The smallest absolute Gasteiger partial charge is 0.339 e. The molecule has 6 nitrogen and oxygen atoms in total. The lowest BCUT2D eigenvalue weighted by molar-refractivity contribution is 0.0365. The van der Waals surface area contributed by atoms with Crippen molar-refractivity contribution < 1.29 is 19.4 Å². The van der Waals surface area contributed by atoms with Crippen LogP contribution in [0.3, 0.4) is 0 Å². The van der Waals surface area contributed by atoms with Crippen molar-refractivity contribution in [1.29, 1.82) is 0 Å². The fourth-order valence-electron chi connectivity index (χ4n) is 1.71. The number of aliphatic hydroxyl groups excluding tert-OH is 1. The van der Waals surface area contributed by atoms with Gasteiger partial charge in [0, 0.05) is 13.1 Å². The normalized spacial score (nSPS) is 10.3. The van der Waals surface area contributed by atoms with Crippen molar-refractivity contribution in [3.8, 4) is 0 Å². The number of rotatable bonds is 5. The van der Waals surface area contributed by atoms with Crippen molar-refractivity contribution in [3.63, 3.8) is 0 Å². The summed E-state index contributed by atoms with van der Waals surface area (Å²) in [7, 11) is 0. The molecule has 0 aliphatic heterocycles. The number of ketones is 1. The van der Waals surface area contributed by atoms with Crippen LogP contribution in [-0.2, 0) is 18.1 Å².